The molecule has 0 atom stereocenters. The highest BCUT2D eigenvalue weighted by Crippen LogP contribution is 2.25. The van der Waals surface area contributed by atoms with Crippen molar-refractivity contribution in [2.45, 2.75) is 11.3 Å². The first kappa shape index (κ1) is 16.9. The summed E-state index contributed by atoms with van der Waals surface area (Å²) < 4.78 is 67.3. The van der Waals surface area contributed by atoms with Crippen LogP contribution in [0.2, 0.25) is 0 Å². The lowest BCUT2D eigenvalue weighted by Crippen LogP contribution is -2.17. The molecular formula is C13H9F3INO3S. The van der Waals surface area contributed by atoms with Crippen molar-refractivity contribution in [1.29, 1.82) is 0 Å². The van der Waals surface area contributed by atoms with Crippen molar-refractivity contribution in [2.75, 3.05) is 4.72 Å². The Morgan fingerprint density at radius 1 is 1.00 bits per heavy atom. The van der Waals surface area contributed by atoms with Crippen LogP contribution in [-0.4, -0.2) is 14.8 Å². The van der Waals surface area contributed by atoms with Crippen LogP contribution in [0.15, 0.2) is 53.4 Å². The summed E-state index contributed by atoms with van der Waals surface area (Å²) in [5, 5.41) is 0. The fourth-order valence-electron chi connectivity index (χ4n) is 1.57. The minimum atomic E-state index is -4.82. The summed E-state index contributed by atoms with van der Waals surface area (Å²) in [6.45, 7) is 0. The Labute approximate surface area is 138 Å². The molecule has 0 unspecified atom stereocenters. The highest BCUT2D eigenvalue weighted by atomic mass is 127. The maximum atomic E-state index is 12.2. The van der Waals surface area contributed by atoms with Gasteiger partial charge in [0.2, 0.25) is 0 Å². The molecule has 0 heterocycles. The summed E-state index contributed by atoms with van der Waals surface area (Å²) in [4.78, 5) is -0.165. The molecule has 0 fully saturated rings. The molecule has 0 saturated carbocycles. The molecular weight excluding hydrogens is 434 g/mol. The van der Waals surface area contributed by atoms with Crippen molar-refractivity contribution < 1.29 is 26.3 Å². The van der Waals surface area contributed by atoms with Gasteiger partial charge in [-0.15, -0.1) is 13.2 Å². The zero-order chi connectivity index (χ0) is 16.4. The number of alkyl halides is 3. The Balaban J connectivity index is 2.22. The number of benzene rings is 2. The minimum absolute atomic E-state index is 0.165. The molecule has 0 aliphatic rings. The van der Waals surface area contributed by atoms with Gasteiger partial charge in [0, 0.05) is 3.57 Å². The zero-order valence-corrected chi connectivity index (χ0v) is 13.7. The third-order valence-electron chi connectivity index (χ3n) is 2.49. The Bertz CT molecular complexity index is 761. The number of hydrogen-bond acceptors (Lipinski definition) is 3. The molecule has 4 nitrogen and oxygen atoms in total. The van der Waals surface area contributed by atoms with Crippen LogP contribution in [0.3, 0.4) is 0 Å². The van der Waals surface area contributed by atoms with Crippen LogP contribution in [0.4, 0.5) is 18.9 Å². The van der Waals surface area contributed by atoms with Gasteiger partial charge in [0.15, 0.2) is 0 Å². The lowest BCUT2D eigenvalue weighted by Gasteiger charge is -2.11. The zero-order valence-electron chi connectivity index (χ0n) is 10.8. The monoisotopic (exact) mass is 443 g/mol. The second-order valence-corrected chi connectivity index (χ2v) is 6.95. The van der Waals surface area contributed by atoms with E-state index in [1.54, 1.807) is 24.3 Å². The first-order chi connectivity index (χ1) is 10.2. The Morgan fingerprint density at radius 3 is 2.14 bits per heavy atom. The van der Waals surface area contributed by atoms with E-state index in [9.17, 15) is 21.6 Å². The number of ether oxygens (including phenoxy) is 1. The Hall–Kier alpha value is -1.49. The molecule has 2 aromatic rings. The third-order valence-corrected chi connectivity index (χ3v) is 4.81. The molecule has 2 aromatic carbocycles. The largest absolute Gasteiger partial charge is 0.573 e. The van der Waals surface area contributed by atoms with Crippen LogP contribution >= 0.6 is 22.6 Å². The van der Waals surface area contributed by atoms with Crippen LogP contribution < -0.4 is 9.46 Å². The van der Waals surface area contributed by atoms with Crippen molar-refractivity contribution in [1.82, 2.24) is 0 Å². The molecule has 0 aliphatic heterocycles. The van der Waals surface area contributed by atoms with Crippen LogP contribution in [-0.2, 0) is 10.0 Å². The van der Waals surface area contributed by atoms with E-state index in [-0.39, 0.29) is 4.90 Å². The van der Waals surface area contributed by atoms with Gasteiger partial charge in [-0.1, -0.05) is 12.1 Å². The maximum Gasteiger partial charge on any atom is 0.573 e. The van der Waals surface area contributed by atoms with E-state index in [1.807, 2.05) is 22.6 Å². The van der Waals surface area contributed by atoms with Gasteiger partial charge in [-0.2, -0.15) is 0 Å². The Morgan fingerprint density at radius 2 is 1.59 bits per heavy atom. The number of para-hydroxylation sites is 1. The van der Waals surface area contributed by atoms with E-state index in [0.717, 1.165) is 24.3 Å². The summed E-state index contributed by atoms with van der Waals surface area (Å²) in [6.07, 6.45) is -4.82. The van der Waals surface area contributed by atoms with E-state index in [0.29, 0.717) is 9.26 Å². The lowest BCUT2D eigenvalue weighted by atomic mass is 10.3. The van der Waals surface area contributed by atoms with Crippen LogP contribution in [0.25, 0.3) is 0 Å². The van der Waals surface area contributed by atoms with Crippen molar-refractivity contribution in [3.8, 4) is 5.75 Å². The van der Waals surface area contributed by atoms with Gasteiger partial charge in [0.25, 0.3) is 10.0 Å². The molecule has 2 rings (SSSR count). The number of sulfonamides is 1. The summed E-state index contributed by atoms with van der Waals surface area (Å²) in [5.41, 5.74) is 0.388. The average Bonchev–Trinajstić information content (AvgIpc) is 2.40. The number of rotatable bonds is 4. The third kappa shape index (κ3) is 4.50. The number of nitrogens with one attached hydrogen (secondary N) is 1. The van der Waals surface area contributed by atoms with Gasteiger partial charge in [-0.25, -0.2) is 8.42 Å². The van der Waals surface area contributed by atoms with Gasteiger partial charge >= 0.3 is 6.36 Å². The van der Waals surface area contributed by atoms with E-state index < -0.39 is 22.1 Å². The fraction of sp³-hybridized carbons (Fsp3) is 0.0769. The van der Waals surface area contributed by atoms with Crippen molar-refractivity contribution >= 4 is 38.3 Å². The molecule has 0 saturated heterocycles. The molecule has 1 N–H and O–H groups in total. The number of hydrogen-bond donors (Lipinski definition) is 1. The topological polar surface area (TPSA) is 55.4 Å². The SMILES string of the molecule is O=S(=O)(Nc1ccccc1I)c1ccc(OC(F)(F)F)cc1. The van der Waals surface area contributed by atoms with E-state index >= 15 is 0 Å². The Kier molecular flexibility index (Phi) is 4.85. The van der Waals surface area contributed by atoms with Gasteiger partial charge < -0.3 is 4.74 Å². The average molecular weight is 443 g/mol. The van der Waals surface area contributed by atoms with Crippen LogP contribution in [0, 0.1) is 3.57 Å². The smallest absolute Gasteiger partial charge is 0.406 e. The number of halogens is 4. The highest BCUT2D eigenvalue weighted by Gasteiger charge is 2.31. The fourth-order valence-corrected chi connectivity index (χ4v) is 3.35. The predicted octanol–water partition coefficient (Wildman–Crippen LogP) is 3.99. The van der Waals surface area contributed by atoms with E-state index in [2.05, 4.69) is 9.46 Å². The second-order valence-electron chi connectivity index (χ2n) is 4.10. The first-order valence-electron chi connectivity index (χ1n) is 5.80. The number of anilines is 1. The molecule has 0 amide bonds. The second kappa shape index (κ2) is 6.32. The maximum absolute atomic E-state index is 12.2. The highest BCUT2D eigenvalue weighted by molar-refractivity contribution is 14.1. The summed E-state index contributed by atoms with van der Waals surface area (Å²) >= 11 is 1.97. The molecule has 0 bridgehead atoms. The summed E-state index contributed by atoms with van der Waals surface area (Å²) in [5.74, 6) is -0.485. The van der Waals surface area contributed by atoms with Crippen molar-refractivity contribution in [3.63, 3.8) is 0 Å². The predicted molar refractivity (Wildman–Crippen MR) is 83.1 cm³/mol. The quantitative estimate of drug-likeness (QED) is 0.728. The van der Waals surface area contributed by atoms with Crippen LogP contribution in [0.5, 0.6) is 5.75 Å². The molecule has 22 heavy (non-hydrogen) atoms. The molecule has 118 valence electrons. The minimum Gasteiger partial charge on any atom is -0.406 e. The van der Waals surface area contributed by atoms with E-state index in [1.165, 1.54) is 0 Å². The van der Waals surface area contributed by atoms with Gasteiger partial charge in [0.05, 0.1) is 10.6 Å². The summed E-state index contributed by atoms with van der Waals surface area (Å²) in [7, 11) is -3.89. The lowest BCUT2D eigenvalue weighted by molar-refractivity contribution is -0.274. The first-order valence-corrected chi connectivity index (χ1v) is 8.37. The standard InChI is InChI=1S/C13H9F3INO3S/c14-13(15,16)21-9-5-7-10(8-6-9)22(19,20)18-12-4-2-1-3-11(12)17/h1-8,18H. The molecule has 0 aliphatic carbocycles. The molecule has 9 heteroatoms. The van der Waals surface area contributed by atoms with Crippen molar-refractivity contribution in [3.05, 3.63) is 52.1 Å². The van der Waals surface area contributed by atoms with E-state index in [4.69, 9.17) is 0 Å². The molecule has 0 aromatic heterocycles. The van der Waals surface area contributed by atoms with Crippen molar-refractivity contribution in [2.24, 2.45) is 0 Å². The molecule has 0 radical (unpaired) electrons. The normalized spacial score (nSPS) is 12.0. The summed E-state index contributed by atoms with van der Waals surface area (Å²) in [6, 6.07) is 10.7. The van der Waals surface area contributed by atoms with Gasteiger partial charge in [-0.3, -0.25) is 4.72 Å². The molecule has 0 spiro atoms. The van der Waals surface area contributed by atoms with Crippen LogP contribution in [0.1, 0.15) is 0 Å². The van der Waals surface area contributed by atoms with Gasteiger partial charge in [0.1, 0.15) is 5.75 Å². The van der Waals surface area contributed by atoms with Gasteiger partial charge in [-0.05, 0) is 59.0 Å².